The van der Waals surface area contributed by atoms with Gasteiger partial charge in [-0.2, -0.15) is 0 Å². The van der Waals surface area contributed by atoms with E-state index in [0.717, 1.165) is 33.8 Å². The lowest BCUT2D eigenvalue weighted by atomic mass is 9.85. The van der Waals surface area contributed by atoms with Crippen molar-refractivity contribution in [3.8, 4) is 11.5 Å². The van der Waals surface area contributed by atoms with E-state index in [0.29, 0.717) is 18.9 Å². The van der Waals surface area contributed by atoms with Crippen molar-refractivity contribution in [2.24, 2.45) is 0 Å². The molecule has 0 radical (unpaired) electrons. The lowest BCUT2D eigenvalue weighted by molar-refractivity contribution is 0.299. The van der Waals surface area contributed by atoms with Gasteiger partial charge in [0.05, 0.1) is 4.90 Å². The van der Waals surface area contributed by atoms with Gasteiger partial charge in [-0.05, 0) is 83.8 Å². The normalized spacial score (nSPS) is 11.7. The van der Waals surface area contributed by atoms with Crippen LogP contribution in [0.2, 0.25) is 0 Å². The molecule has 0 unspecified atom stereocenters. The summed E-state index contributed by atoms with van der Waals surface area (Å²) in [5, 5.41) is 7.69. The zero-order valence-corrected chi connectivity index (χ0v) is 23.3. The highest BCUT2D eigenvalue weighted by Crippen LogP contribution is 2.26. The zero-order valence-electron chi connectivity index (χ0n) is 22.5. The van der Waals surface area contributed by atoms with E-state index in [1.165, 1.54) is 0 Å². The number of ether oxygens (including phenoxy) is 2. The molecule has 0 aromatic heterocycles. The molecule has 0 aliphatic heterocycles. The molecule has 202 valence electrons. The van der Waals surface area contributed by atoms with Crippen LogP contribution in [-0.2, 0) is 28.7 Å². The van der Waals surface area contributed by atoms with Crippen LogP contribution in [-0.4, -0.2) is 20.7 Å². The summed E-state index contributed by atoms with van der Waals surface area (Å²) in [5.41, 5.74) is 4.08. The Morgan fingerprint density at radius 2 is 1.31 bits per heavy atom. The second-order valence-corrected chi connectivity index (χ2v) is 11.9. The Labute approximate surface area is 231 Å². The second kappa shape index (κ2) is 12.3. The van der Waals surface area contributed by atoms with E-state index in [9.17, 15) is 8.42 Å². The number of hydrogen-bond donors (Lipinski definition) is 2. The fourth-order valence-electron chi connectivity index (χ4n) is 4.01. The number of hydrogen-bond acceptors (Lipinski definition) is 5. The van der Waals surface area contributed by atoms with Gasteiger partial charge < -0.3 is 14.9 Å². The molecule has 0 bridgehead atoms. The Hall–Kier alpha value is -3.94. The van der Waals surface area contributed by atoms with Crippen LogP contribution < -0.4 is 14.2 Å². The molecule has 6 nitrogen and oxygen atoms in total. The lowest BCUT2D eigenvalue weighted by Crippen LogP contribution is -2.36. The Bertz CT molecular complexity index is 1500. The van der Waals surface area contributed by atoms with E-state index in [4.69, 9.17) is 14.9 Å². The van der Waals surface area contributed by atoms with E-state index >= 15 is 0 Å². The SMILES string of the molecule is CC(=N)c1ccc(OCc2cccc(COc3ccc(C(C)(C)CNS(=O)(=O)c4ccccc4)cc3)c2)cc1. The average molecular weight is 543 g/mol. The Morgan fingerprint density at radius 3 is 1.85 bits per heavy atom. The van der Waals surface area contributed by atoms with Gasteiger partial charge in [-0.15, -0.1) is 0 Å². The molecule has 0 saturated heterocycles. The topological polar surface area (TPSA) is 88.5 Å². The molecule has 0 atom stereocenters. The van der Waals surface area contributed by atoms with Gasteiger partial charge in [0.15, 0.2) is 0 Å². The van der Waals surface area contributed by atoms with Gasteiger partial charge in [-0.3, -0.25) is 0 Å². The standard InChI is InChI=1S/C32H34N2O4S/c1-24(33)27-12-16-29(17-13-27)37-21-25-8-7-9-26(20-25)22-38-30-18-14-28(15-19-30)32(2,3)23-34-39(35,36)31-10-5-4-6-11-31/h4-20,33-34H,21-23H2,1-3H3. The van der Waals surface area contributed by atoms with Crippen LogP contribution in [0.4, 0.5) is 0 Å². The van der Waals surface area contributed by atoms with E-state index in [2.05, 4.69) is 10.8 Å². The largest absolute Gasteiger partial charge is 0.489 e. The summed E-state index contributed by atoms with van der Waals surface area (Å²) in [6.45, 7) is 6.90. The maximum absolute atomic E-state index is 12.6. The van der Waals surface area contributed by atoms with Gasteiger partial charge in [-0.1, -0.05) is 62.4 Å². The molecule has 0 spiro atoms. The summed E-state index contributed by atoms with van der Waals surface area (Å²) in [5.74, 6) is 1.50. The van der Waals surface area contributed by atoms with Gasteiger partial charge in [0.1, 0.15) is 24.7 Å². The maximum Gasteiger partial charge on any atom is 0.240 e. The number of nitrogens with one attached hydrogen (secondary N) is 2. The van der Waals surface area contributed by atoms with Crippen molar-refractivity contribution in [3.05, 3.63) is 125 Å². The van der Waals surface area contributed by atoms with Crippen molar-refractivity contribution in [1.29, 1.82) is 5.41 Å². The smallest absolute Gasteiger partial charge is 0.240 e. The van der Waals surface area contributed by atoms with Crippen molar-refractivity contribution >= 4 is 15.7 Å². The summed E-state index contributed by atoms with van der Waals surface area (Å²) in [6.07, 6.45) is 0. The van der Waals surface area contributed by atoms with Crippen LogP contribution in [0.5, 0.6) is 11.5 Å². The summed E-state index contributed by atoms with van der Waals surface area (Å²) in [6, 6.07) is 31.8. The predicted octanol–water partition coefficient (Wildman–Crippen LogP) is 6.49. The summed E-state index contributed by atoms with van der Waals surface area (Å²) in [4.78, 5) is 0.257. The third-order valence-corrected chi connectivity index (χ3v) is 7.90. The lowest BCUT2D eigenvalue weighted by Gasteiger charge is -2.26. The summed E-state index contributed by atoms with van der Waals surface area (Å²) < 4.78 is 39.9. The minimum absolute atomic E-state index is 0.257. The fraction of sp³-hybridized carbons (Fsp3) is 0.219. The molecule has 0 aliphatic rings. The summed E-state index contributed by atoms with van der Waals surface area (Å²) >= 11 is 0. The van der Waals surface area contributed by atoms with Crippen LogP contribution in [0.1, 0.15) is 43.0 Å². The first-order valence-electron chi connectivity index (χ1n) is 12.8. The van der Waals surface area contributed by atoms with E-state index in [1.807, 2.05) is 80.6 Å². The molecule has 0 aliphatic carbocycles. The van der Waals surface area contributed by atoms with Gasteiger partial charge in [0.25, 0.3) is 0 Å². The van der Waals surface area contributed by atoms with Crippen molar-refractivity contribution in [2.75, 3.05) is 6.54 Å². The molecule has 4 aromatic rings. The van der Waals surface area contributed by atoms with Crippen LogP contribution in [0.15, 0.2) is 108 Å². The highest BCUT2D eigenvalue weighted by atomic mass is 32.2. The first-order chi connectivity index (χ1) is 18.6. The van der Waals surface area contributed by atoms with E-state index in [-0.39, 0.29) is 11.4 Å². The van der Waals surface area contributed by atoms with E-state index in [1.54, 1.807) is 37.3 Å². The van der Waals surface area contributed by atoms with Crippen LogP contribution >= 0.6 is 0 Å². The van der Waals surface area contributed by atoms with Gasteiger partial charge in [0.2, 0.25) is 10.0 Å². The monoisotopic (exact) mass is 542 g/mol. The van der Waals surface area contributed by atoms with Gasteiger partial charge in [-0.25, -0.2) is 13.1 Å². The molecule has 7 heteroatoms. The van der Waals surface area contributed by atoms with Crippen molar-refractivity contribution in [1.82, 2.24) is 4.72 Å². The van der Waals surface area contributed by atoms with Gasteiger partial charge >= 0.3 is 0 Å². The third-order valence-electron chi connectivity index (χ3n) is 6.48. The number of rotatable bonds is 12. The quantitative estimate of drug-likeness (QED) is 0.200. The molecular formula is C32H34N2O4S. The highest BCUT2D eigenvalue weighted by Gasteiger charge is 2.24. The molecule has 0 amide bonds. The van der Waals surface area contributed by atoms with Crippen molar-refractivity contribution in [3.63, 3.8) is 0 Å². The summed E-state index contributed by atoms with van der Waals surface area (Å²) in [7, 11) is -3.57. The number of sulfonamides is 1. The molecular weight excluding hydrogens is 508 g/mol. The first-order valence-corrected chi connectivity index (χ1v) is 14.2. The number of benzene rings is 4. The molecule has 0 saturated carbocycles. The minimum atomic E-state index is -3.57. The molecule has 4 aromatic carbocycles. The van der Waals surface area contributed by atoms with Crippen LogP contribution in [0.25, 0.3) is 0 Å². The minimum Gasteiger partial charge on any atom is -0.489 e. The fourth-order valence-corrected chi connectivity index (χ4v) is 5.24. The van der Waals surface area contributed by atoms with Crippen molar-refractivity contribution < 1.29 is 17.9 Å². The third kappa shape index (κ3) is 7.78. The second-order valence-electron chi connectivity index (χ2n) is 10.1. The molecule has 0 heterocycles. The molecule has 39 heavy (non-hydrogen) atoms. The zero-order chi connectivity index (χ0) is 27.9. The average Bonchev–Trinajstić information content (AvgIpc) is 2.95. The highest BCUT2D eigenvalue weighted by molar-refractivity contribution is 7.89. The van der Waals surface area contributed by atoms with Crippen LogP contribution in [0.3, 0.4) is 0 Å². The Kier molecular flexibility index (Phi) is 8.84. The van der Waals surface area contributed by atoms with E-state index < -0.39 is 15.4 Å². The maximum atomic E-state index is 12.6. The Morgan fingerprint density at radius 1 is 0.769 bits per heavy atom. The molecule has 0 fully saturated rings. The van der Waals surface area contributed by atoms with Crippen molar-refractivity contribution in [2.45, 2.75) is 44.3 Å². The first kappa shape index (κ1) is 28.1. The van der Waals surface area contributed by atoms with Gasteiger partial charge in [0, 0.05) is 17.7 Å². The molecule has 2 N–H and O–H groups in total. The Balaban J connectivity index is 1.30. The van der Waals surface area contributed by atoms with Crippen LogP contribution in [0, 0.1) is 5.41 Å². The molecule has 4 rings (SSSR count). The predicted molar refractivity (Wildman–Crippen MR) is 155 cm³/mol.